The molecule has 0 fully saturated rings. The van der Waals surface area contributed by atoms with Crippen LogP contribution < -0.4 is 0 Å². The van der Waals surface area contributed by atoms with Crippen LogP contribution in [0.3, 0.4) is 0 Å². The molecule has 0 N–H and O–H groups in total. The van der Waals surface area contributed by atoms with E-state index in [0.717, 1.165) is 18.1 Å². The van der Waals surface area contributed by atoms with Crippen LogP contribution in [0.15, 0.2) is 22.7 Å². The first-order valence-corrected chi connectivity index (χ1v) is 6.68. The molecule has 2 rings (SSSR count). The van der Waals surface area contributed by atoms with E-state index in [2.05, 4.69) is 48.7 Å². The van der Waals surface area contributed by atoms with Gasteiger partial charge >= 0.3 is 0 Å². The lowest BCUT2D eigenvalue weighted by Gasteiger charge is -1.99. The fourth-order valence-corrected chi connectivity index (χ4v) is 3.14. The van der Waals surface area contributed by atoms with Gasteiger partial charge in [-0.2, -0.15) is 0 Å². The van der Waals surface area contributed by atoms with E-state index in [0.29, 0.717) is 5.02 Å². The maximum atomic E-state index is 6.08. The Labute approximate surface area is 112 Å². The van der Waals surface area contributed by atoms with Gasteiger partial charge in [0.25, 0.3) is 0 Å². The highest BCUT2D eigenvalue weighted by atomic mass is 127. The summed E-state index contributed by atoms with van der Waals surface area (Å²) in [5.74, 6) is 0. The van der Waals surface area contributed by atoms with Crippen LogP contribution in [-0.2, 0) is 0 Å². The smallest absolute Gasteiger partial charge is 0.137 e. The van der Waals surface area contributed by atoms with E-state index in [-0.39, 0.29) is 0 Å². The molecule has 14 heavy (non-hydrogen) atoms. The van der Waals surface area contributed by atoms with E-state index in [4.69, 9.17) is 11.6 Å². The average Bonchev–Trinajstić information content (AvgIpc) is 2.51. The Hall–Kier alpha value is 0.280. The van der Waals surface area contributed by atoms with E-state index < -0.39 is 0 Å². The minimum atomic E-state index is 0.687. The zero-order valence-corrected chi connectivity index (χ0v) is 12.0. The largest absolute Gasteiger partial charge is 0.178 e. The normalized spacial score (nSPS) is 10.5. The summed E-state index contributed by atoms with van der Waals surface area (Å²) in [5.41, 5.74) is 0.926. The number of hydrogen-bond donors (Lipinski definition) is 0. The van der Waals surface area contributed by atoms with E-state index >= 15 is 0 Å². The van der Waals surface area contributed by atoms with Crippen molar-refractivity contribution in [3.8, 4) is 10.6 Å². The molecule has 1 aromatic carbocycles. The van der Waals surface area contributed by atoms with Crippen molar-refractivity contribution in [2.45, 2.75) is 0 Å². The molecule has 0 aliphatic heterocycles. The van der Waals surface area contributed by atoms with E-state index in [9.17, 15) is 0 Å². The van der Waals surface area contributed by atoms with Crippen molar-refractivity contribution in [1.82, 2.24) is 10.2 Å². The fraction of sp³-hybridized carbons (Fsp3) is 0. The number of nitrogens with zero attached hydrogens (tertiary/aromatic N) is 2. The van der Waals surface area contributed by atoms with Crippen molar-refractivity contribution >= 4 is 61.5 Å². The molecule has 1 heterocycles. The average molecular weight is 401 g/mol. The molecule has 6 heteroatoms. The third-order valence-electron chi connectivity index (χ3n) is 1.56. The summed E-state index contributed by atoms with van der Waals surface area (Å²) < 4.78 is 1.88. The molecule has 0 radical (unpaired) electrons. The summed E-state index contributed by atoms with van der Waals surface area (Å²) in [7, 11) is 0. The molecule has 0 spiro atoms. The minimum absolute atomic E-state index is 0.687. The Morgan fingerprint density at radius 1 is 1.36 bits per heavy atom. The fourth-order valence-electron chi connectivity index (χ4n) is 0.977. The summed E-state index contributed by atoms with van der Waals surface area (Å²) in [6.07, 6.45) is 0. The van der Waals surface area contributed by atoms with E-state index in [1.165, 1.54) is 11.3 Å². The van der Waals surface area contributed by atoms with E-state index in [1.807, 2.05) is 18.2 Å². The van der Waals surface area contributed by atoms with Crippen LogP contribution in [-0.4, -0.2) is 10.2 Å². The highest BCUT2D eigenvalue weighted by Gasteiger charge is 2.08. The topological polar surface area (TPSA) is 25.8 Å². The second kappa shape index (κ2) is 4.42. The Kier molecular flexibility index (Phi) is 3.41. The molecule has 2 nitrogen and oxygen atoms in total. The molecular weight excluding hydrogens is 398 g/mol. The predicted molar refractivity (Wildman–Crippen MR) is 70.8 cm³/mol. The lowest BCUT2D eigenvalue weighted by molar-refractivity contribution is 1.07. The van der Waals surface area contributed by atoms with Crippen molar-refractivity contribution in [1.29, 1.82) is 0 Å². The third-order valence-corrected chi connectivity index (χ3v) is 3.99. The van der Waals surface area contributed by atoms with Gasteiger partial charge in [0.2, 0.25) is 0 Å². The molecule has 1 aromatic heterocycles. The first-order chi connectivity index (χ1) is 6.66. The summed E-state index contributed by atoms with van der Waals surface area (Å²) >= 11 is 13.1. The molecule has 0 bridgehead atoms. The van der Waals surface area contributed by atoms with Gasteiger partial charge in [-0.25, -0.2) is 0 Å². The third kappa shape index (κ3) is 2.26. The van der Waals surface area contributed by atoms with Crippen LogP contribution in [0, 0.1) is 3.01 Å². The van der Waals surface area contributed by atoms with Gasteiger partial charge in [-0.05, 0) is 40.8 Å². The minimum Gasteiger partial charge on any atom is -0.137 e. The molecule has 0 atom stereocenters. The van der Waals surface area contributed by atoms with Crippen LogP contribution >= 0.6 is 61.5 Å². The molecule has 72 valence electrons. The Morgan fingerprint density at radius 2 is 2.14 bits per heavy atom. The lowest BCUT2D eigenvalue weighted by atomic mass is 10.2. The highest BCUT2D eigenvalue weighted by molar-refractivity contribution is 14.1. The van der Waals surface area contributed by atoms with Gasteiger partial charge in [0.1, 0.15) is 5.01 Å². The van der Waals surface area contributed by atoms with Gasteiger partial charge in [0.05, 0.1) is 5.02 Å². The van der Waals surface area contributed by atoms with Gasteiger partial charge in [-0.15, -0.1) is 10.2 Å². The molecular formula is C8H3BrClIN2S. The zero-order chi connectivity index (χ0) is 10.1. The number of halogens is 3. The first-order valence-electron chi connectivity index (χ1n) is 3.61. The second-order valence-electron chi connectivity index (χ2n) is 2.48. The van der Waals surface area contributed by atoms with Crippen LogP contribution in [0.2, 0.25) is 5.02 Å². The summed E-state index contributed by atoms with van der Waals surface area (Å²) in [5, 5.41) is 9.52. The molecule has 0 amide bonds. The van der Waals surface area contributed by atoms with Crippen LogP contribution in [0.4, 0.5) is 0 Å². The maximum Gasteiger partial charge on any atom is 0.178 e. The highest BCUT2D eigenvalue weighted by Crippen LogP contribution is 2.32. The number of aromatic nitrogens is 2. The van der Waals surface area contributed by atoms with Crippen molar-refractivity contribution in [3.63, 3.8) is 0 Å². The van der Waals surface area contributed by atoms with Gasteiger partial charge in [0, 0.05) is 10.0 Å². The van der Waals surface area contributed by atoms with E-state index in [1.54, 1.807) is 0 Å². The SMILES string of the molecule is Clc1cc(Br)ccc1-c1nnc(I)s1. The quantitative estimate of drug-likeness (QED) is 0.669. The van der Waals surface area contributed by atoms with Gasteiger partial charge in [-0.1, -0.05) is 38.9 Å². The summed E-state index contributed by atoms with van der Waals surface area (Å²) in [6, 6.07) is 5.73. The van der Waals surface area contributed by atoms with Gasteiger partial charge in [0.15, 0.2) is 3.01 Å². The molecule has 0 saturated carbocycles. The van der Waals surface area contributed by atoms with Crippen molar-refractivity contribution in [3.05, 3.63) is 30.7 Å². The monoisotopic (exact) mass is 400 g/mol. The Morgan fingerprint density at radius 3 is 2.71 bits per heavy atom. The van der Waals surface area contributed by atoms with Crippen LogP contribution in [0.5, 0.6) is 0 Å². The van der Waals surface area contributed by atoms with Crippen molar-refractivity contribution in [2.75, 3.05) is 0 Å². The predicted octanol–water partition coefficient (Wildman–Crippen LogP) is 4.23. The molecule has 0 aliphatic rings. The van der Waals surface area contributed by atoms with Crippen LogP contribution in [0.1, 0.15) is 0 Å². The molecule has 0 saturated heterocycles. The van der Waals surface area contributed by atoms with Crippen LogP contribution in [0.25, 0.3) is 10.6 Å². The van der Waals surface area contributed by atoms with Gasteiger partial charge < -0.3 is 0 Å². The summed E-state index contributed by atoms with van der Waals surface area (Å²) in [6.45, 7) is 0. The Bertz CT molecular complexity index is 474. The first kappa shape index (κ1) is 10.8. The standard InChI is InChI=1S/C8H3BrClIN2S/c9-4-1-2-5(6(10)3-4)7-12-13-8(11)14-7/h1-3H. The molecule has 0 aliphatic carbocycles. The molecule has 2 aromatic rings. The van der Waals surface area contributed by atoms with Crippen molar-refractivity contribution in [2.24, 2.45) is 0 Å². The number of rotatable bonds is 1. The summed E-state index contributed by atoms with van der Waals surface area (Å²) in [4.78, 5) is 0. The van der Waals surface area contributed by atoms with Gasteiger partial charge in [-0.3, -0.25) is 0 Å². The number of benzene rings is 1. The van der Waals surface area contributed by atoms with Crippen molar-refractivity contribution < 1.29 is 0 Å². The number of hydrogen-bond acceptors (Lipinski definition) is 3. The zero-order valence-electron chi connectivity index (χ0n) is 6.67. The molecule has 0 unspecified atom stereocenters. The lowest BCUT2D eigenvalue weighted by Crippen LogP contribution is -1.78. The maximum absolute atomic E-state index is 6.08. The Balaban J connectivity index is 2.52. The second-order valence-corrected chi connectivity index (χ2v) is 6.54.